The summed E-state index contributed by atoms with van der Waals surface area (Å²) >= 11 is 6.15. The number of hydrogen-bond donors (Lipinski definition) is 2. The molecule has 198 valence electrons. The largest absolute Gasteiger partial charge is 0.501 e. The molecule has 2 aliphatic heterocycles. The summed E-state index contributed by atoms with van der Waals surface area (Å²) in [6.07, 6.45) is 1.75. The van der Waals surface area contributed by atoms with Crippen LogP contribution in [0.3, 0.4) is 0 Å². The predicted molar refractivity (Wildman–Crippen MR) is 130 cm³/mol. The number of hydrogen-bond acceptors (Lipinski definition) is 7. The molecule has 3 aliphatic rings. The molecular formula is C25H28ClFN4O6. The molecule has 5 rings (SSSR count). The molecule has 0 radical (unpaired) electrons. The van der Waals surface area contributed by atoms with Crippen LogP contribution >= 0.6 is 11.6 Å². The topological polar surface area (TPSA) is 123 Å². The Morgan fingerprint density at radius 2 is 2.05 bits per heavy atom. The highest BCUT2D eigenvalue weighted by molar-refractivity contribution is 6.32. The number of amides is 2. The molecule has 4 unspecified atom stereocenters. The number of likely N-dealkylation sites (N-methyl/N-ethyl adjacent to an activating group) is 1. The van der Waals surface area contributed by atoms with E-state index in [2.05, 4.69) is 10.3 Å². The van der Waals surface area contributed by atoms with Crippen molar-refractivity contribution >= 4 is 23.4 Å². The minimum absolute atomic E-state index is 0.0824. The van der Waals surface area contributed by atoms with Crippen LogP contribution in [0.5, 0.6) is 11.5 Å². The lowest BCUT2D eigenvalue weighted by Gasteiger charge is -2.29. The lowest BCUT2D eigenvalue weighted by atomic mass is 10.1. The number of carbonyl (C=O) groups is 2. The number of ether oxygens (including phenoxy) is 2. The standard InChI is InChI=1S/C25H28ClFN4O6/c1-3-14-10-36-11-17-22-29-19(20(32)25(35)31(14)22)23(33)28-9-13-4-5-16(27)18(26)21(13)37-7-6-12-8-15(12)24(34)30(17)2/h4-5,12,14-15,17,32H,3,6-11H2,1-2H3,(H,28,33). The molecule has 12 heteroatoms. The summed E-state index contributed by atoms with van der Waals surface area (Å²) in [5.74, 6) is -2.29. The van der Waals surface area contributed by atoms with Gasteiger partial charge in [-0.25, -0.2) is 9.37 Å². The Kier molecular flexibility index (Phi) is 6.84. The van der Waals surface area contributed by atoms with Crippen LogP contribution in [0, 0.1) is 17.7 Å². The second kappa shape index (κ2) is 9.94. The van der Waals surface area contributed by atoms with Gasteiger partial charge in [-0.1, -0.05) is 24.6 Å². The number of fused-ring (bicyclic) bond motifs is 3. The van der Waals surface area contributed by atoms with E-state index in [1.807, 2.05) is 6.92 Å². The third-order valence-electron chi connectivity index (χ3n) is 7.42. The van der Waals surface area contributed by atoms with Gasteiger partial charge in [0.2, 0.25) is 11.7 Å². The fourth-order valence-corrected chi connectivity index (χ4v) is 5.30. The SMILES string of the molecule is CCC1COCC2c3nc(c(O)c(=O)n31)C(=O)NCc1ccc(F)c(Cl)c1OCCC1CC1C(=O)N2C. The maximum absolute atomic E-state index is 14.1. The molecule has 1 saturated carbocycles. The third-order valence-corrected chi connectivity index (χ3v) is 7.77. The molecule has 1 aromatic carbocycles. The normalized spacial score (nSPS) is 25.9. The number of aromatic nitrogens is 2. The molecule has 1 aromatic heterocycles. The Morgan fingerprint density at radius 1 is 1.27 bits per heavy atom. The van der Waals surface area contributed by atoms with Crippen LogP contribution < -0.4 is 15.6 Å². The Labute approximate surface area is 217 Å². The number of carbonyl (C=O) groups excluding carboxylic acids is 2. The molecule has 2 bridgehead atoms. The van der Waals surface area contributed by atoms with Crippen LogP contribution in [0.4, 0.5) is 4.39 Å². The first-order valence-corrected chi connectivity index (χ1v) is 12.7. The molecule has 2 N–H and O–H groups in total. The van der Waals surface area contributed by atoms with Gasteiger partial charge in [0.25, 0.3) is 11.5 Å². The lowest BCUT2D eigenvalue weighted by Crippen LogP contribution is -2.40. The summed E-state index contributed by atoms with van der Waals surface area (Å²) in [4.78, 5) is 45.8. The summed E-state index contributed by atoms with van der Waals surface area (Å²) in [5, 5.41) is 13.1. The maximum atomic E-state index is 14.1. The number of aromatic hydroxyl groups is 1. The van der Waals surface area contributed by atoms with E-state index < -0.39 is 40.8 Å². The van der Waals surface area contributed by atoms with Crippen LogP contribution in [0.25, 0.3) is 0 Å². The maximum Gasteiger partial charge on any atom is 0.296 e. The average Bonchev–Trinajstić information content (AvgIpc) is 3.68. The lowest BCUT2D eigenvalue weighted by molar-refractivity contribution is -0.135. The van der Waals surface area contributed by atoms with Crippen LogP contribution in [-0.2, 0) is 16.1 Å². The number of nitrogens with one attached hydrogen (secondary N) is 1. The highest BCUT2D eigenvalue weighted by atomic mass is 35.5. The van der Waals surface area contributed by atoms with Crippen molar-refractivity contribution in [2.75, 3.05) is 26.9 Å². The Hall–Kier alpha value is -3.18. The summed E-state index contributed by atoms with van der Waals surface area (Å²) in [7, 11) is 1.62. The van der Waals surface area contributed by atoms with E-state index in [-0.39, 0.29) is 60.7 Å². The van der Waals surface area contributed by atoms with Gasteiger partial charge in [-0.3, -0.25) is 19.0 Å². The van der Waals surface area contributed by atoms with Crippen LogP contribution in [0.2, 0.25) is 5.02 Å². The van der Waals surface area contributed by atoms with E-state index in [0.29, 0.717) is 24.8 Å². The zero-order chi connectivity index (χ0) is 26.4. The van der Waals surface area contributed by atoms with E-state index in [1.165, 1.54) is 21.6 Å². The summed E-state index contributed by atoms with van der Waals surface area (Å²) in [5.41, 5.74) is -0.832. The van der Waals surface area contributed by atoms with Crippen molar-refractivity contribution in [3.63, 3.8) is 0 Å². The zero-order valence-corrected chi connectivity index (χ0v) is 21.3. The van der Waals surface area contributed by atoms with E-state index in [9.17, 15) is 23.9 Å². The molecule has 10 nitrogen and oxygen atoms in total. The van der Waals surface area contributed by atoms with Gasteiger partial charge in [0.1, 0.15) is 28.5 Å². The van der Waals surface area contributed by atoms with Crippen LogP contribution in [0.1, 0.15) is 60.1 Å². The highest BCUT2D eigenvalue weighted by Crippen LogP contribution is 2.44. The quantitative estimate of drug-likeness (QED) is 0.576. The molecule has 0 spiro atoms. The van der Waals surface area contributed by atoms with Crippen molar-refractivity contribution < 1.29 is 28.6 Å². The van der Waals surface area contributed by atoms with Crippen molar-refractivity contribution in [2.45, 2.75) is 44.8 Å². The Morgan fingerprint density at radius 3 is 2.81 bits per heavy atom. The van der Waals surface area contributed by atoms with Crippen LogP contribution in [-0.4, -0.2) is 58.2 Å². The summed E-state index contributed by atoms with van der Waals surface area (Å²) < 4.78 is 27.1. The predicted octanol–water partition coefficient (Wildman–Crippen LogP) is 2.57. The van der Waals surface area contributed by atoms with Gasteiger partial charge in [0.15, 0.2) is 5.69 Å². The van der Waals surface area contributed by atoms with Crippen molar-refractivity contribution in [3.8, 4) is 11.5 Å². The highest BCUT2D eigenvalue weighted by Gasteiger charge is 2.46. The van der Waals surface area contributed by atoms with E-state index in [4.69, 9.17) is 21.1 Å². The molecule has 1 fully saturated rings. The van der Waals surface area contributed by atoms with Crippen LogP contribution in [0.15, 0.2) is 16.9 Å². The Bertz CT molecular complexity index is 1320. The van der Waals surface area contributed by atoms with E-state index >= 15 is 0 Å². The first-order valence-electron chi connectivity index (χ1n) is 12.3. The second-order valence-electron chi connectivity index (χ2n) is 9.68. The number of rotatable bonds is 1. The van der Waals surface area contributed by atoms with Gasteiger partial charge in [0, 0.05) is 25.1 Å². The smallest absolute Gasteiger partial charge is 0.296 e. The minimum Gasteiger partial charge on any atom is -0.501 e. The van der Waals surface area contributed by atoms with Gasteiger partial charge in [-0.15, -0.1) is 0 Å². The number of nitrogens with zero attached hydrogens (tertiary/aromatic N) is 3. The molecular weight excluding hydrogens is 507 g/mol. The van der Waals surface area contributed by atoms with Gasteiger partial charge in [-0.05, 0) is 31.2 Å². The monoisotopic (exact) mass is 534 g/mol. The first-order chi connectivity index (χ1) is 17.7. The molecule has 3 heterocycles. The van der Waals surface area contributed by atoms with Gasteiger partial charge in [0.05, 0.1) is 25.9 Å². The van der Waals surface area contributed by atoms with E-state index in [0.717, 1.165) is 0 Å². The van der Waals surface area contributed by atoms with Crippen molar-refractivity contribution in [1.29, 1.82) is 0 Å². The van der Waals surface area contributed by atoms with E-state index in [1.54, 1.807) is 7.05 Å². The van der Waals surface area contributed by atoms with Gasteiger partial charge < -0.3 is 24.8 Å². The van der Waals surface area contributed by atoms with Crippen molar-refractivity contribution in [2.24, 2.45) is 11.8 Å². The average molecular weight is 535 g/mol. The fourth-order valence-electron chi connectivity index (χ4n) is 5.06. The third kappa shape index (κ3) is 4.54. The van der Waals surface area contributed by atoms with Crippen molar-refractivity contribution in [3.05, 3.63) is 50.4 Å². The molecule has 0 saturated heterocycles. The number of benzene rings is 1. The molecule has 37 heavy (non-hydrogen) atoms. The molecule has 2 aromatic rings. The summed E-state index contributed by atoms with van der Waals surface area (Å²) in [6.45, 7) is 2.27. The van der Waals surface area contributed by atoms with Gasteiger partial charge in [-0.2, -0.15) is 0 Å². The Balaban J connectivity index is 1.62. The zero-order valence-electron chi connectivity index (χ0n) is 20.5. The molecule has 4 atom stereocenters. The molecule has 2 amide bonds. The van der Waals surface area contributed by atoms with Gasteiger partial charge >= 0.3 is 0 Å². The second-order valence-corrected chi connectivity index (χ2v) is 10.1. The number of halogens is 2. The minimum atomic E-state index is -0.815. The molecule has 1 aliphatic carbocycles. The fraction of sp³-hybridized carbons (Fsp3) is 0.520. The summed E-state index contributed by atoms with van der Waals surface area (Å²) in [6, 6.07) is 1.46. The first kappa shape index (κ1) is 25.5. The van der Waals surface area contributed by atoms with Crippen molar-refractivity contribution in [1.82, 2.24) is 19.8 Å².